The monoisotopic (exact) mass is 338 g/mol. The Kier molecular flexibility index (Phi) is 5.98. The molecule has 2 aliphatic heterocycles. The molecule has 0 bridgehead atoms. The molecule has 1 aromatic rings. The number of nitrogens with two attached hydrogens (primary N) is 1. The Morgan fingerprint density at radius 2 is 1.65 bits per heavy atom. The number of rotatable bonds is 3. The van der Waals surface area contributed by atoms with E-state index >= 15 is 0 Å². The zero-order chi connectivity index (χ0) is 15.5. The molecule has 3 rings (SSSR count). The summed E-state index contributed by atoms with van der Waals surface area (Å²) in [4.78, 5) is 28.0. The molecule has 126 valence electrons. The van der Waals surface area contributed by atoms with Gasteiger partial charge in [-0.25, -0.2) is 0 Å². The maximum absolute atomic E-state index is 12.5. The highest BCUT2D eigenvalue weighted by atomic mass is 35.5. The highest BCUT2D eigenvalue weighted by molar-refractivity contribution is 5.97. The van der Waals surface area contributed by atoms with Crippen molar-refractivity contribution in [2.24, 2.45) is 5.73 Å². The quantitative estimate of drug-likeness (QED) is 0.832. The molecule has 7 heteroatoms. The van der Waals surface area contributed by atoms with Crippen molar-refractivity contribution in [2.75, 3.05) is 39.3 Å². The lowest BCUT2D eigenvalue weighted by atomic mass is 10.1. The average Bonchev–Trinajstić information content (AvgIpc) is 3.05. The van der Waals surface area contributed by atoms with E-state index in [-0.39, 0.29) is 18.3 Å². The zero-order valence-electron chi connectivity index (χ0n) is 13.0. The Morgan fingerprint density at radius 3 is 2.26 bits per heavy atom. The second kappa shape index (κ2) is 7.77. The van der Waals surface area contributed by atoms with Gasteiger partial charge in [0.25, 0.3) is 5.91 Å². The highest BCUT2D eigenvalue weighted by Crippen LogP contribution is 2.19. The van der Waals surface area contributed by atoms with Crippen molar-refractivity contribution in [3.05, 3.63) is 35.4 Å². The molecule has 2 amide bonds. The summed E-state index contributed by atoms with van der Waals surface area (Å²) in [6.07, 6.45) is 1.03. The molecule has 3 N–H and O–H groups in total. The minimum Gasteiger partial charge on any atom is -0.366 e. The van der Waals surface area contributed by atoms with Crippen molar-refractivity contribution in [1.82, 2.24) is 15.1 Å². The Hall–Kier alpha value is -1.63. The van der Waals surface area contributed by atoms with Crippen molar-refractivity contribution in [1.29, 1.82) is 0 Å². The Labute approximate surface area is 142 Å². The van der Waals surface area contributed by atoms with Gasteiger partial charge in [-0.3, -0.25) is 14.5 Å². The van der Waals surface area contributed by atoms with E-state index in [4.69, 9.17) is 5.73 Å². The molecular formula is C16H23ClN4O2. The van der Waals surface area contributed by atoms with Crippen molar-refractivity contribution < 1.29 is 9.59 Å². The first-order valence-corrected chi connectivity index (χ1v) is 7.79. The third-order valence-electron chi connectivity index (χ3n) is 4.53. The van der Waals surface area contributed by atoms with Crippen LogP contribution < -0.4 is 11.1 Å². The third-order valence-corrected chi connectivity index (χ3v) is 4.53. The van der Waals surface area contributed by atoms with Gasteiger partial charge in [0.1, 0.15) is 0 Å². The highest BCUT2D eigenvalue weighted by Gasteiger charge is 2.31. The molecule has 0 aromatic heterocycles. The summed E-state index contributed by atoms with van der Waals surface area (Å²) in [5.74, 6) is -0.437. The number of nitrogens with zero attached hydrogens (tertiary/aromatic N) is 2. The van der Waals surface area contributed by atoms with Crippen LogP contribution in [0, 0.1) is 0 Å². The number of benzene rings is 1. The van der Waals surface area contributed by atoms with Gasteiger partial charge in [-0.2, -0.15) is 0 Å². The normalized spacial score (nSPS) is 21.7. The van der Waals surface area contributed by atoms with Crippen molar-refractivity contribution in [3.8, 4) is 0 Å². The van der Waals surface area contributed by atoms with Crippen LogP contribution in [-0.2, 0) is 0 Å². The zero-order valence-corrected chi connectivity index (χ0v) is 13.8. The standard InChI is InChI=1S/C16H22N4O2.ClH/c17-15(21)12-1-3-13(4-2-12)16(22)20-8-5-14(11-20)19-9-6-18-7-10-19;/h1-4,14,18H,5-11H2,(H2,17,21);1H. The molecule has 1 unspecified atom stereocenters. The van der Waals surface area contributed by atoms with E-state index in [2.05, 4.69) is 10.2 Å². The molecule has 2 fully saturated rings. The topological polar surface area (TPSA) is 78.7 Å². The number of primary amides is 1. The van der Waals surface area contributed by atoms with E-state index in [0.29, 0.717) is 17.2 Å². The number of carbonyl (C=O) groups is 2. The summed E-state index contributed by atoms with van der Waals surface area (Å²) in [5.41, 5.74) is 6.26. The molecule has 0 radical (unpaired) electrons. The predicted octanol–water partition coefficient (Wildman–Crippen LogP) is 0.327. The molecule has 2 saturated heterocycles. The van der Waals surface area contributed by atoms with Crippen molar-refractivity contribution >= 4 is 24.2 Å². The third kappa shape index (κ3) is 4.02. The van der Waals surface area contributed by atoms with Gasteiger partial charge in [-0.05, 0) is 30.7 Å². The van der Waals surface area contributed by atoms with Gasteiger partial charge in [0.2, 0.25) is 5.91 Å². The minimum absolute atomic E-state index is 0. The minimum atomic E-state index is -0.473. The Balaban J connectivity index is 0.00000192. The second-order valence-corrected chi connectivity index (χ2v) is 5.92. The van der Waals surface area contributed by atoms with E-state index < -0.39 is 5.91 Å². The van der Waals surface area contributed by atoms with Gasteiger partial charge < -0.3 is 16.0 Å². The van der Waals surface area contributed by atoms with Gasteiger partial charge in [0, 0.05) is 56.4 Å². The van der Waals surface area contributed by atoms with Gasteiger partial charge in [0.15, 0.2) is 0 Å². The Bertz CT molecular complexity index is 558. The first-order chi connectivity index (χ1) is 10.6. The first-order valence-electron chi connectivity index (χ1n) is 7.79. The van der Waals surface area contributed by atoms with E-state index in [9.17, 15) is 9.59 Å². The number of carbonyl (C=O) groups excluding carboxylic acids is 2. The van der Waals surface area contributed by atoms with Crippen LogP contribution in [0.1, 0.15) is 27.1 Å². The van der Waals surface area contributed by atoms with E-state index in [1.165, 1.54) is 0 Å². The van der Waals surface area contributed by atoms with Crippen LogP contribution in [0.3, 0.4) is 0 Å². The van der Waals surface area contributed by atoms with E-state index in [1.807, 2.05) is 4.90 Å². The SMILES string of the molecule is Cl.NC(=O)c1ccc(C(=O)N2CCC(N3CCNCC3)C2)cc1. The number of piperazine rings is 1. The number of likely N-dealkylation sites (tertiary alicyclic amines) is 1. The van der Waals surface area contributed by atoms with Gasteiger partial charge in [0.05, 0.1) is 0 Å². The summed E-state index contributed by atoms with van der Waals surface area (Å²) >= 11 is 0. The van der Waals surface area contributed by atoms with E-state index in [1.54, 1.807) is 24.3 Å². The molecule has 0 spiro atoms. The first kappa shape index (κ1) is 17.7. The lowest BCUT2D eigenvalue weighted by Crippen LogP contribution is -2.49. The fraction of sp³-hybridized carbons (Fsp3) is 0.500. The van der Waals surface area contributed by atoms with Crippen LogP contribution in [0.4, 0.5) is 0 Å². The van der Waals surface area contributed by atoms with Gasteiger partial charge in [-0.15, -0.1) is 12.4 Å². The van der Waals surface area contributed by atoms with Gasteiger partial charge in [-0.1, -0.05) is 0 Å². The number of amides is 2. The number of halogens is 1. The van der Waals surface area contributed by atoms with Crippen LogP contribution >= 0.6 is 12.4 Å². The van der Waals surface area contributed by atoms with Crippen LogP contribution in [0.15, 0.2) is 24.3 Å². The second-order valence-electron chi connectivity index (χ2n) is 5.92. The smallest absolute Gasteiger partial charge is 0.253 e. The average molecular weight is 339 g/mol. The summed E-state index contributed by atoms with van der Waals surface area (Å²) in [7, 11) is 0. The maximum atomic E-state index is 12.5. The van der Waals surface area contributed by atoms with Crippen LogP contribution in [0.5, 0.6) is 0 Å². The Morgan fingerprint density at radius 1 is 1.04 bits per heavy atom. The van der Waals surface area contributed by atoms with Crippen molar-refractivity contribution in [3.63, 3.8) is 0 Å². The molecule has 23 heavy (non-hydrogen) atoms. The molecule has 2 heterocycles. The summed E-state index contributed by atoms with van der Waals surface area (Å²) in [6, 6.07) is 7.05. The number of hydrogen-bond donors (Lipinski definition) is 2. The van der Waals surface area contributed by atoms with E-state index in [0.717, 1.165) is 45.7 Å². The summed E-state index contributed by atoms with van der Waals surface area (Å²) < 4.78 is 0. The molecule has 0 saturated carbocycles. The molecule has 1 atom stereocenters. The molecule has 6 nitrogen and oxygen atoms in total. The fourth-order valence-electron chi connectivity index (χ4n) is 3.23. The van der Waals surface area contributed by atoms with Crippen LogP contribution in [-0.4, -0.2) is 66.9 Å². The molecular weight excluding hydrogens is 316 g/mol. The lowest BCUT2D eigenvalue weighted by Gasteiger charge is -2.32. The number of nitrogens with one attached hydrogen (secondary N) is 1. The van der Waals surface area contributed by atoms with Crippen LogP contribution in [0.2, 0.25) is 0 Å². The lowest BCUT2D eigenvalue weighted by molar-refractivity contribution is 0.0773. The predicted molar refractivity (Wildman–Crippen MR) is 91.0 cm³/mol. The largest absolute Gasteiger partial charge is 0.366 e. The summed E-state index contributed by atoms with van der Waals surface area (Å²) in [6.45, 7) is 5.75. The van der Waals surface area contributed by atoms with Gasteiger partial charge >= 0.3 is 0 Å². The van der Waals surface area contributed by atoms with Crippen LogP contribution in [0.25, 0.3) is 0 Å². The number of hydrogen-bond acceptors (Lipinski definition) is 4. The molecule has 0 aliphatic carbocycles. The maximum Gasteiger partial charge on any atom is 0.253 e. The molecule has 2 aliphatic rings. The molecule has 1 aromatic carbocycles. The van der Waals surface area contributed by atoms with Crippen molar-refractivity contribution in [2.45, 2.75) is 12.5 Å². The summed E-state index contributed by atoms with van der Waals surface area (Å²) in [5, 5.41) is 3.35. The fourth-order valence-corrected chi connectivity index (χ4v) is 3.23.